The third-order valence-corrected chi connectivity index (χ3v) is 5.09. The predicted octanol–water partition coefficient (Wildman–Crippen LogP) is 6.22. The average molecular weight is 427 g/mol. The van der Waals surface area contributed by atoms with Gasteiger partial charge in [-0.1, -0.05) is 48.5 Å². The summed E-state index contributed by atoms with van der Waals surface area (Å²) in [7, 11) is 1.56. The van der Waals surface area contributed by atoms with Crippen LogP contribution >= 0.6 is 0 Å². The summed E-state index contributed by atoms with van der Waals surface area (Å²) in [6.07, 6.45) is 0. The highest BCUT2D eigenvalue weighted by atomic mass is 16.6. The molecule has 0 bridgehead atoms. The summed E-state index contributed by atoms with van der Waals surface area (Å²) in [4.78, 5) is 11.8. The van der Waals surface area contributed by atoms with Crippen molar-refractivity contribution in [3.8, 4) is 39.5 Å². The second kappa shape index (κ2) is 9.22. The Morgan fingerprint density at radius 2 is 1.59 bits per heavy atom. The third kappa shape index (κ3) is 4.39. The Morgan fingerprint density at radius 3 is 2.31 bits per heavy atom. The van der Waals surface area contributed by atoms with Crippen molar-refractivity contribution in [2.24, 2.45) is 0 Å². The molecule has 0 saturated heterocycles. The average Bonchev–Trinajstić information content (AvgIpc) is 2.82. The number of aromatic hydroxyl groups is 1. The predicted molar refractivity (Wildman–Crippen MR) is 123 cm³/mol. The molecule has 0 fully saturated rings. The molecule has 6 nitrogen and oxygen atoms in total. The van der Waals surface area contributed by atoms with Crippen molar-refractivity contribution in [3.05, 3.63) is 107 Å². The van der Waals surface area contributed by atoms with Crippen LogP contribution in [-0.4, -0.2) is 17.1 Å². The van der Waals surface area contributed by atoms with E-state index in [1.807, 2.05) is 30.3 Å². The van der Waals surface area contributed by atoms with Crippen LogP contribution in [0, 0.1) is 10.1 Å². The van der Waals surface area contributed by atoms with E-state index in [4.69, 9.17) is 9.47 Å². The van der Waals surface area contributed by atoms with Crippen LogP contribution < -0.4 is 9.47 Å². The lowest BCUT2D eigenvalue weighted by molar-refractivity contribution is -0.383. The van der Waals surface area contributed by atoms with E-state index in [2.05, 4.69) is 0 Å². The molecule has 0 aliphatic carbocycles. The number of phenols is 1. The SMILES string of the molecule is COc1ccc(-c2cccc(-c3cccc(O)c3)c2[N+](=O)[O-])c(OCc2ccccc2)c1. The van der Waals surface area contributed by atoms with Crippen LogP contribution in [-0.2, 0) is 6.61 Å². The van der Waals surface area contributed by atoms with Crippen LogP contribution in [0.4, 0.5) is 5.69 Å². The Hall–Kier alpha value is -4.32. The van der Waals surface area contributed by atoms with Gasteiger partial charge in [-0.05, 0) is 47.5 Å². The van der Waals surface area contributed by atoms with Gasteiger partial charge in [0.05, 0.1) is 23.2 Å². The lowest BCUT2D eigenvalue weighted by Gasteiger charge is -2.15. The molecule has 0 aliphatic rings. The number of nitro groups is 1. The number of rotatable bonds is 7. The molecule has 0 radical (unpaired) electrons. The van der Waals surface area contributed by atoms with Crippen molar-refractivity contribution in [2.45, 2.75) is 6.61 Å². The minimum atomic E-state index is -0.403. The zero-order valence-corrected chi connectivity index (χ0v) is 17.4. The van der Waals surface area contributed by atoms with Crippen LogP contribution in [0.25, 0.3) is 22.3 Å². The Kier molecular flexibility index (Phi) is 6.03. The largest absolute Gasteiger partial charge is 0.508 e. The molecule has 0 saturated carbocycles. The van der Waals surface area contributed by atoms with Crippen LogP contribution in [0.15, 0.2) is 91.0 Å². The van der Waals surface area contributed by atoms with Crippen molar-refractivity contribution >= 4 is 5.69 Å². The Balaban J connectivity index is 1.84. The first-order valence-electron chi connectivity index (χ1n) is 9.99. The Bertz CT molecular complexity index is 1250. The van der Waals surface area contributed by atoms with Gasteiger partial charge in [-0.25, -0.2) is 0 Å². The molecule has 160 valence electrons. The van der Waals surface area contributed by atoms with E-state index < -0.39 is 4.92 Å². The summed E-state index contributed by atoms with van der Waals surface area (Å²) in [5.74, 6) is 1.10. The second-order valence-corrected chi connectivity index (χ2v) is 7.15. The molecule has 0 aliphatic heterocycles. The number of ether oxygens (including phenoxy) is 2. The van der Waals surface area contributed by atoms with Gasteiger partial charge in [-0.2, -0.15) is 0 Å². The molecule has 32 heavy (non-hydrogen) atoms. The molecule has 4 aromatic rings. The molecule has 0 heterocycles. The topological polar surface area (TPSA) is 81.8 Å². The smallest absolute Gasteiger partial charge is 0.285 e. The summed E-state index contributed by atoms with van der Waals surface area (Å²) in [6, 6.07) is 26.4. The van der Waals surface area contributed by atoms with Gasteiger partial charge in [0.1, 0.15) is 23.9 Å². The highest BCUT2D eigenvalue weighted by Crippen LogP contribution is 2.43. The first-order valence-corrected chi connectivity index (χ1v) is 9.99. The number of nitrogens with zero attached hydrogens (tertiary/aromatic N) is 1. The molecular weight excluding hydrogens is 406 g/mol. The Labute approximate surface area is 185 Å². The molecule has 4 rings (SSSR count). The monoisotopic (exact) mass is 427 g/mol. The van der Waals surface area contributed by atoms with Crippen molar-refractivity contribution in [1.82, 2.24) is 0 Å². The van der Waals surface area contributed by atoms with Crippen molar-refractivity contribution in [2.75, 3.05) is 7.11 Å². The van der Waals surface area contributed by atoms with Gasteiger partial charge in [0.15, 0.2) is 0 Å². The number of methoxy groups -OCH3 is 1. The first kappa shape index (κ1) is 20.9. The van der Waals surface area contributed by atoms with Gasteiger partial charge in [0.25, 0.3) is 5.69 Å². The highest BCUT2D eigenvalue weighted by Gasteiger charge is 2.24. The van der Waals surface area contributed by atoms with Gasteiger partial charge in [-0.15, -0.1) is 0 Å². The normalized spacial score (nSPS) is 10.5. The zero-order chi connectivity index (χ0) is 22.5. The fourth-order valence-corrected chi connectivity index (χ4v) is 3.57. The number of hydrogen-bond donors (Lipinski definition) is 1. The summed E-state index contributed by atoms with van der Waals surface area (Å²) >= 11 is 0. The molecular formula is C26H21NO5. The lowest BCUT2D eigenvalue weighted by Crippen LogP contribution is -2.00. The van der Waals surface area contributed by atoms with E-state index in [0.29, 0.717) is 40.4 Å². The quantitative estimate of drug-likeness (QED) is 0.280. The second-order valence-electron chi connectivity index (χ2n) is 7.15. The summed E-state index contributed by atoms with van der Waals surface area (Å²) in [5, 5.41) is 22.0. The molecule has 0 amide bonds. The number of hydrogen-bond acceptors (Lipinski definition) is 5. The molecule has 0 spiro atoms. The fraction of sp³-hybridized carbons (Fsp3) is 0.0769. The molecule has 1 N–H and O–H groups in total. The number of para-hydroxylation sites is 1. The summed E-state index contributed by atoms with van der Waals surface area (Å²) in [6.45, 7) is 0.307. The fourth-order valence-electron chi connectivity index (χ4n) is 3.57. The minimum absolute atomic E-state index is 0.0403. The number of phenolic OH excluding ortho intramolecular Hbond substituents is 1. The first-order chi connectivity index (χ1) is 15.6. The highest BCUT2D eigenvalue weighted by molar-refractivity contribution is 5.88. The van der Waals surface area contributed by atoms with E-state index in [1.165, 1.54) is 12.1 Å². The van der Waals surface area contributed by atoms with Crippen LogP contribution in [0.3, 0.4) is 0 Å². The van der Waals surface area contributed by atoms with E-state index in [1.54, 1.807) is 55.6 Å². The van der Waals surface area contributed by atoms with Crippen molar-refractivity contribution < 1.29 is 19.5 Å². The summed E-state index contributed by atoms with van der Waals surface area (Å²) in [5.41, 5.74) is 2.88. The maximum absolute atomic E-state index is 12.2. The van der Waals surface area contributed by atoms with Crippen molar-refractivity contribution in [1.29, 1.82) is 0 Å². The maximum atomic E-state index is 12.2. The molecule has 0 unspecified atom stereocenters. The number of nitro benzene ring substituents is 1. The molecule has 4 aromatic carbocycles. The Morgan fingerprint density at radius 1 is 0.844 bits per heavy atom. The van der Waals surface area contributed by atoms with Gasteiger partial charge in [0.2, 0.25) is 0 Å². The molecule has 6 heteroatoms. The van der Waals surface area contributed by atoms with E-state index in [-0.39, 0.29) is 11.4 Å². The van der Waals surface area contributed by atoms with E-state index >= 15 is 0 Å². The minimum Gasteiger partial charge on any atom is -0.508 e. The van der Waals surface area contributed by atoms with Crippen LogP contribution in [0.1, 0.15) is 5.56 Å². The van der Waals surface area contributed by atoms with Gasteiger partial charge >= 0.3 is 0 Å². The van der Waals surface area contributed by atoms with E-state index in [9.17, 15) is 15.2 Å². The third-order valence-electron chi connectivity index (χ3n) is 5.09. The lowest BCUT2D eigenvalue weighted by atomic mass is 9.95. The summed E-state index contributed by atoms with van der Waals surface area (Å²) < 4.78 is 11.4. The zero-order valence-electron chi connectivity index (χ0n) is 17.4. The number of benzene rings is 4. The van der Waals surface area contributed by atoms with Gasteiger partial charge in [0, 0.05) is 11.6 Å². The maximum Gasteiger partial charge on any atom is 0.285 e. The van der Waals surface area contributed by atoms with Crippen molar-refractivity contribution in [3.63, 3.8) is 0 Å². The van der Waals surface area contributed by atoms with Crippen LogP contribution in [0.2, 0.25) is 0 Å². The molecule has 0 aromatic heterocycles. The van der Waals surface area contributed by atoms with Crippen LogP contribution in [0.5, 0.6) is 17.2 Å². The van der Waals surface area contributed by atoms with Gasteiger partial charge in [-0.3, -0.25) is 10.1 Å². The van der Waals surface area contributed by atoms with E-state index in [0.717, 1.165) is 5.56 Å². The van der Waals surface area contributed by atoms with Gasteiger partial charge < -0.3 is 14.6 Å². The molecule has 0 atom stereocenters. The standard InChI is InChI=1S/C26H21NO5/c1-31-21-13-14-23(25(16-21)32-17-18-7-3-2-4-8-18)24-12-6-11-22(26(24)27(29)30)19-9-5-10-20(28)15-19/h2-16,28H,17H2,1H3.